The third-order valence-electron chi connectivity index (χ3n) is 5.01. The maximum Gasteiger partial charge on any atom is 0.313 e. The van der Waals surface area contributed by atoms with E-state index in [2.05, 4.69) is 5.32 Å². The van der Waals surface area contributed by atoms with Gasteiger partial charge in [0.1, 0.15) is 23.1 Å². The van der Waals surface area contributed by atoms with Gasteiger partial charge in [-0.05, 0) is 42.2 Å². The molecule has 1 fully saturated rings. The standard InChI is InChI=1S/C22H28FN2O2P/c1-3-16(2)21(24)20(23)19-14-15-25-22(19)28(26-17-10-6-4-7-11-17)27-18-12-8-5-9-13-18/h4-13,16,21-22,25H,3,14-15,24H2,1-2H3/b20-19-. The number of halogens is 1. The van der Waals surface area contributed by atoms with E-state index in [1.807, 2.05) is 74.5 Å². The second-order valence-corrected chi connectivity index (χ2v) is 8.44. The number of rotatable bonds is 8. The molecule has 0 radical (unpaired) electrons. The van der Waals surface area contributed by atoms with E-state index in [4.69, 9.17) is 14.8 Å². The van der Waals surface area contributed by atoms with Crippen LogP contribution in [0.5, 0.6) is 11.5 Å². The molecule has 0 aromatic heterocycles. The van der Waals surface area contributed by atoms with E-state index in [0.29, 0.717) is 30.0 Å². The number of nitrogens with two attached hydrogens (primary N) is 1. The smallest absolute Gasteiger partial charge is 0.313 e. The second kappa shape index (κ2) is 10.0. The Balaban J connectivity index is 1.89. The summed E-state index contributed by atoms with van der Waals surface area (Å²) in [5.74, 6) is 0.897. The van der Waals surface area contributed by atoms with Gasteiger partial charge in [0, 0.05) is 6.54 Å². The Bertz CT molecular complexity index is 731. The van der Waals surface area contributed by atoms with Crippen LogP contribution < -0.4 is 20.1 Å². The van der Waals surface area contributed by atoms with Crippen LogP contribution in [-0.4, -0.2) is 18.4 Å². The molecule has 0 bridgehead atoms. The van der Waals surface area contributed by atoms with E-state index in [0.717, 1.165) is 6.42 Å². The van der Waals surface area contributed by atoms with Crippen LogP contribution in [0.1, 0.15) is 26.7 Å². The Hall–Kier alpha value is -1.94. The minimum Gasteiger partial charge on any atom is -0.437 e. The molecular weight excluding hydrogens is 374 g/mol. The third kappa shape index (κ3) is 5.11. The lowest BCUT2D eigenvalue weighted by atomic mass is 9.96. The Morgan fingerprint density at radius 2 is 1.64 bits per heavy atom. The summed E-state index contributed by atoms with van der Waals surface area (Å²) < 4.78 is 27.6. The number of benzene rings is 2. The van der Waals surface area contributed by atoms with Gasteiger partial charge < -0.3 is 20.1 Å². The van der Waals surface area contributed by atoms with Crippen LogP contribution in [0.4, 0.5) is 4.39 Å². The van der Waals surface area contributed by atoms with E-state index < -0.39 is 14.4 Å². The molecule has 4 nitrogen and oxygen atoms in total. The number of nitrogens with one attached hydrogen (secondary N) is 1. The topological polar surface area (TPSA) is 56.5 Å². The van der Waals surface area contributed by atoms with Crippen LogP contribution >= 0.6 is 8.38 Å². The lowest BCUT2D eigenvalue weighted by molar-refractivity contribution is 0.408. The molecule has 2 aromatic rings. The van der Waals surface area contributed by atoms with Crippen molar-refractivity contribution in [2.45, 2.75) is 38.5 Å². The van der Waals surface area contributed by atoms with Crippen molar-refractivity contribution in [2.75, 3.05) is 6.54 Å². The summed E-state index contributed by atoms with van der Waals surface area (Å²) in [5, 5.41) is 3.37. The fourth-order valence-electron chi connectivity index (χ4n) is 3.07. The molecule has 0 amide bonds. The average molecular weight is 402 g/mol. The van der Waals surface area contributed by atoms with Crippen molar-refractivity contribution in [1.82, 2.24) is 5.32 Å². The van der Waals surface area contributed by atoms with Crippen LogP contribution in [0, 0.1) is 5.92 Å². The average Bonchev–Trinajstić information content (AvgIpc) is 3.23. The van der Waals surface area contributed by atoms with Crippen molar-refractivity contribution in [3.05, 3.63) is 72.1 Å². The van der Waals surface area contributed by atoms with Crippen molar-refractivity contribution in [3.8, 4) is 11.5 Å². The van der Waals surface area contributed by atoms with Gasteiger partial charge in [0.25, 0.3) is 0 Å². The zero-order chi connectivity index (χ0) is 19.9. The highest BCUT2D eigenvalue weighted by molar-refractivity contribution is 7.49. The fourth-order valence-corrected chi connectivity index (χ4v) is 4.76. The van der Waals surface area contributed by atoms with Gasteiger partial charge in [-0.1, -0.05) is 56.7 Å². The molecule has 1 aliphatic heterocycles. The van der Waals surface area contributed by atoms with Crippen LogP contribution in [0.25, 0.3) is 0 Å². The van der Waals surface area contributed by atoms with Crippen molar-refractivity contribution in [1.29, 1.82) is 0 Å². The molecule has 2 aromatic carbocycles. The molecule has 3 unspecified atom stereocenters. The van der Waals surface area contributed by atoms with Crippen molar-refractivity contribution >= 4 is 8.38 Å². The van der Waals surface area contributed by atoms with Gasteiger partial charge in [0.2, 0.25) is 0 Å². The van der Waals surface area contributed by atoms with E-state index in [1.54, 1.807) is 0 Å². The highest BCUT2D eigenvalue weighted by Crippen LogP contribution is 2.49. The van der Waals surface area contributed by atoms with Crippen molar-refractivity contribution in [2.24, 2.45) is 11.7 Å². The summed E-state index contributed by atoms with van der Waals surface area (Å²) in [6, 6.07) is 18.4. The fraction of sp³-hybridized carbons (Fsp3) is 0.364. The van der Waals surface area contributed by atoms with Gasteiger partial charge in [0.05, 0.1) is 6.04 Å². The van der Waals surface area contributed by atoms with Gasteiger partial charge in [-0.2, -0.15) is 0 Å². The lowest BCUT2D eigenvalue weighted by Crippen LogP contribution is -2.32. The molecule has 0 spiro atoms. The minimum absolute atomic E-state index is 0.0741. The molecule has 3 N–H and O–H groups in total. The van der Waals surface area contributed by atoms with Crippen molar-refractivity contribution < 1.29 is 13.4 Å². The van der Waals surface area contributed by atoms with Gasteiger partial charge in [-0.25, -0.2) is 4.39 Å². The van der Waals surface area contributed by atoms with E-state index in [-0.39, 0.29) is 17.5 Å². The summed E-state index contributed by atoms with van der Waals surface area (Å²) in [7, 11) is -1.50. The van der Waals surface area contributed by atoms with Crippen LogP contribution in [0.2, 0.25) is 0 Å². The molecule has 150 valence electrons. The molecule has 1 saturated heterocycles. The molecule has 0 saturated carbocycles. The quantitative estimate of drug-likeness (QED) is 0.583. The SMILES string of the molecule is CCC(C)C(N)/C(F)=C1\CCNC1P(Oc1ccccc1)Oc1ccccc1. The van der Waals surface area contributed by atoms with Crippen LogP contribution in [0.3, 0.4) is 0 Å². The second-order valence-electron chi connectivity index (χ2n) is 6.99. The van der Waals surface area contributed by atoms with Crippen molar-refractivity contribution in [3.63, 3.8) is 0 Å². The summed E-state index contributed by atoms with van der Waals surface area (Å²) in [6.45, 7) is 4.68. The van der Waals surface area contributed by atoms with Gasteiger partial charge in [-0.15, -0.1) is 0 Å². The first kappa shape index (κ1) is 20.8. The van der Waals surface area contributed by atoms with E-state index in [1.165, 1.54) is 0 Å². The largest absolute Gasteiger partial charge is 0.437 e. The van der Waals surface area contributed by atoms with Crippen LogP contribution in [0.15, 0.2) is 72.1 Å². The zero-order valence-electron chi connectivity index (χ0n) is 16.3. The molecule has 3 atom stereocenters. The molecular formula is C22H28FN2O2P. The first-order chi connectivity index (χ1) is 13.6. The Morgan fingerprint density at radius 1 is 1.11 bits per heavy atom. The molecule has 28 heavy (non-hydrogen) atoms. The van der Waals surface area contributed by atoms with Gasteiger partial charge >= 0.3 is 8.38 Å². The summed E-state index contributed by atoms with van der Waals surface area (Å²) in [4.78, 5) is 0. The number of hydrogen-bond donors (Lipinski definition) is 2. The van der Waals surface area contributed by atoms with Crippen LogP contribution in [-0.2, 0) is 0 Å². The summed E-state index contributed by atoms with van der Waals surface area (Å²) in [6.07, 6.45) is 1.44. The number of hydrogen-bond acceptors (Lipinski definition) is 4. The Labute approximate surface area is 167 Å². The third-order valence-corrected chi connectivity index (χ3v) is 6.70. The first-order valence-corrected chi connectivity index (χ1v) is 11.0. The number of para-hydroxylation sites is 2. The monoisotopic (exact) mass is 402 g/mol. The van der Waals surface area contributed by atoms with E-state index >= 15 is 4.39 Å². The first-order valence-electron chi connectivity index (χ1n) is 9.72. The normalized spacial score (nSPS) is 20.7. The Morgan fingerprint density at radius 3 is 2.14 bits per heavy atom. The molecule has 1 aliphatic rings. The summed E-state index contributed by atoms with van der Waals surface area (Å²) in [5.41, 5.74) is 6.86. The zero-order valence-corrected chi connectivity index (χ0v) is 17.2. The predicted octanol–water partition coefficient (Wildman–Crippen LogP) is 5.37. The van der Waals surface area contributed by atoms with Gasteiger partial charge in [-0.3, -0.25) is 0 Å². The minimum atomic E-state index is -1.50. The summed E-state index contributed by atoms with van der Waals surface area (Å²) >= 11 is 0. The molecule has 0 aliphatic carbocycles. The Kier molecular flexibility index (Phi) is 7.43. The predicted molar refractivity (Wildman–Crippen MR) is 113 cm³/mol. The highest BCUT2D eigenvalue weighted by atomic mass is 31.2. The van der Waals surface area contributed by atoms with Gasteiger partial charge in [0.15, 0.2) is 0 Å². The van der Waals surface area contributed by atoms with E-state index in [9.17, 15) is 0 Å². The molecule has 3 rings (SSSR count). The highest BCUT2D eigenvalue weighted by Gasteiger charge is 2.38. The molecule has 1 heterocycles. The molecule has 6 heteroatoms. The maximum atomic E-state index is 15.2. The lowest BCUT2D eigenvalue weighted by Gasteiger charge is -2.26. The maximum absolute atomic E-state index is 15.2.